The van der Waals surface area contributed by atoms with E-state index in [0.717, 1.165) is 30.6 Å². The standard InChI is InChI=1S/C25H27N3O4/c1-16-9-11-18(12-10-16)23-14-21(20-7-3-4-8-22(20)26-23)25(30)28-27-24(29)17(2)32-15-19-6-5-13-31-19/h3-4,7-12,14,17,19H,5-6,13,15H2,1-2H3,(H,27,29)(H,28,30). The Hall–Kier alpha value is -3.29. The number of hydrogen-bond donors (Lipinski definition) is 2. The third-order valence-corrected chi connectivity index (χ3v) is 5.53. The van der Waals surface area contributed by atoms with E-state index in [1.807, 2.05) is 55.5 Å². The van der Waals surface area contributed by atoms with Gasteiger partial charge in [-0.3, -0.25) is 20.4 Å². The highest BCUT2D eigenvalue weighted by molar-refractivity contribution is 6.07. The lowest BCUT2D eigenvalue weighted by Crippen LogP contribution is -2.46. The van der Waals surface area contributed by atoms with Crippen molar-refractivity contribution in [3.05, 3.63) is 65.7 Å². The SMILES string of the molecule is Cc1ccc(-c2cc(C(=O)NNC(=O)C(C)OCC3CCCO3)c3ccccc3n2)cc1. The Morgan fingerprint density at radius 1 is 1.16 bits per heavy atom. The number of amides is 2. The largest absolute Gasteiger partial charge is 0.376 e. The summed E-state index contributed by atoms with van der Waals surface area (Å²) in [6, 6.07) is 17.1. The molecular formula is C25H27N3O4. The number of para-hydroxylation sites is 1. The molecule has 0 radical (unpaired) electrons. The van der Waals surface area contributed by atoms with Crippen LogP contribution in [0, 0.1) is 6.92 Å². The van der Waals surface area contributed by atoms with Gasteiger partial charge in [0.25, 0.3) is 11.8 Å². The Bertz CT molecular complexity index is 1110. The van der Waals surface area contributed by atoms with Crippen LogP contribution in [-0.2, 0) is 14.3 Å². The number of carbonyl (C=O) groups is 2. The molecule has 0 saturated carbocycles. The molecule has 0 aliphatic carbocycles. The van der Waals surface area contributed by atoms with Crippen LogP contribution in [0.25, 0.3) is 22.2 Å². The van der Waals surface area contributed by atoms with E-state index in [-0.39, 0.29) is 6.10 Å². The zero-order valence-corrected chi connectivity index (χ0v) is 18.3. The molecular weight excluding hydrogens is 406 g/mol. The van der Waals surface area contributed by atoms with Crippen LogP contribution in [0.2, 0.25) is 0 Å². The topological polar surface area (TPSA) is 89.6 Å². The summed E-state index contributed by atoms with van der Waals surface area (Å²) in [4.78, 5) is 30.0. The van der Waals surface area contributed by atoms with Gasteiger partial charge >= 0.3 is 0 Å². The Balaban J connectivity index is 1.47. The van der Waals surface area contributed by atoms with E-state index in [1.165, 1.54) is 0 Å². The number of ether oxygens (including phenoxy) is 2. The maximum Gasteiger partial charge on any atom is 0.270 e. The van der Waals surface area contributed by atoms with Crippen molar-refractivity contribution in [3.8, 4) is 11.3 Å². The zero-order chi connectivity index (χ0) is 22.5. The van der Waals surface area contributed by atoms with Gasteiger partial charge in [-0.1, -0.05) is 48.0 Å². The van der Waals surface area contributed by atoms with Gasteiger partial charge in [0.05, 0.1) is 29.5 Å². The van der Waals surface area contributed by atoms with Gasteiger partial charge in [0, 0.05) is 17.6 Å². The first-order valence-corrected chi connectivity index (χ1v) is 10.8. The van der Waals surface area contributed by atoms with E-state index >= 15 is 0 Å². The Labute approximate surface area is 187 Å². The predicted octanol–water partition coefficient (Wildman–Crippen LogP) is 3.56. The van der Waals surface area contributed by atoms with E-state index in [4.69, 9.17) is 14.5 Å². The molecule has 32 heavy (non-hydrogen) atoms. The van der Waals surface area contributed by atoms with E-state index in [2.05, 4.69) is 10.9 Å². The number of nitrogens with zero attached hydrogens (tertiary/aromatic N) is 1. The van der Waals surface area contributed by atoms with Crippen molar-refractivity contribution in [3.63, 3.8) is 0 Å². The number of aromatic nitrogens is 1. The van der Waals surface area contributed by atoms with Crippen molar-refractivity contribution in [2.24, 2.45) is 0 Å². The minimum atomic E-state index is -0.711. The Kier molecular flexibility index (Phi) is 6.78. The van der Waals surface area contributed by atoms with Crippen molar-refractivity contribution in [2.75, 3.05) is 13.2 Å². The van der Waals surface area contributed by atoms with Crippen molar-refractivity contribution in [1.29, 1.82) is 0 Å². The highest BCUT2D eigenvalue weighted by Crippen LogP contribution is 2.25. The fourth-order valence-corrected chi connectivity index (χ4v) is 3.63. The molecule has 1 aliphatic rings. The molecule has 7 heteroatoms. The molecule has 2 heterocycles. The highest BCUT2D eigenvalue weighted by atomic mass is 16.5. The summed E-state index contributed by atoms with van der Waals surface area (Å²) < 4.78 is 11.1. The number of benzene rings is 2. The lowest BCUT2D eigenvalue weighted by atomic mass is 10.0. The van der Waals surface area contributed by atoms with Crippen LogP contribution < -0.4 is 10.9 Å². The van der Waals surface area contributed by atoms with Gasteiger partial charge in [0.1, 0.15) is 6.10 Å². The highest BCUT2D eigenvalue weighted by Gasteiger charge is 2.21. The van der Waals surface area contributed by atoms with Crippen molar-refractivity contribution in [2.45, 2.75) is 38.9 Å². The first-order valence-electron chi connectivity index (χ1n) is 10.8. The number of carbonyl (C=O) groups excluding carboxylic acids is 2. The maximum atomic E-state index is 13.0. The number of nitrogens with one attached hydrogen (secondary N) is 2. The molecule has 2 N–H and O–H groups in total. The van der Waals surface area contributed by atoms with Gasteiger partial charge in [0.15, 0.2) is 0 Å². The molecule has 1 aromatic heterocycles. The Morgan fingerprint density at radius 3 is 2.69 bits per heavy atom. The van der Waals surface area contributed by atoms with Crippen LogP contribution in [0.4, 0.5) is 0 Å². The molecule has 2 atom stereocenters. The second-order valence-corrected chi connectivity index (χ2v) is 7.99. The maximum absolute atomic E-state index is 13.0. The summed E-state index contributed by atoms with van der Waals surface area (Å²) in [6.45, 7) is 4.75. The molecule has 1 aliphatic heterocycles. The number of hydrogen-bond acceptors (Lipinski definition) is 5. The van der Waals surface area contributed by atoms with Crippen molar-refractivity contribution >= 4 is 22.7 Å². The Morgan fingerprint density at radius 2 is 1.94 bits per heavy atom. The number of hydrazine groups is 1. The van der Waals surface area contributed by atoms with Gasteiger partial charge in [-0.2, -0.15) is 0 Å². The van der Waals surface area contributed by atoms with E-state index in [9.17, 15) is 9.59 Å². The lowest BCUT2D eigenvalue weighted by Gasteiger charge is -2.17. The van der Waals surface area contributed by atoms with Gasteiger partial charge in [-0.25, -0.2) is 4.98 Å². The number of pyridine rings is 1. The van der Waals surface area contributed by atoms with Crippen molar-refractivity contribution < 1.29 is 19.1 Å². The second kappa shape index (κ2) is 9.89. The average Bonchev–Trinajstić information content (AvgIpc) is 3.34. The molecule has 4 rings (SSSR count). The third kappa shape index (κ3) is 5.12. The van der Waals surface area contributed by atoms with Gasteiger partial charge < -0.3 is 9.47 Å². The number of fused-ring (bicyclic) bond motifs is 1. The second-order valence-electron chi connectivity index (χ2n) is 7.99. The third-order valence-electron chi connectivity index (χ3n) is 5.53. The lowest BCUT2D eigenvalue weighted by molar-refractivity contribution is -0.134. The monoisotopic (exact) mass is 433 g/mol. The summed E-state index contributed by atoms with van der Waals surface area (Å²) in [7, 11) is 0. The van der Waals surface area contributed by atoms with Crippen LogP contribution in [0.3, 0.4) is 0 Å². The fraction of sp³-hybridized carbons (Fsp3) is 0.320. The predicted molar refractivity (Wildman–Crippen MR) is 122 cm³/mol. The molecule has 0 spiro atoms. The van der Waals surface area contributed by atoms with Crippen LogP contribution in [-0.4, -0.2) is 42.2 Å². The fourth-order valence-electron chi connectivity index (χ4n) is 3.63. The molecule has 1 fully saturated rings. The molecule has 2 amide bonds. The minimum absolute atomic E-state index is 0.0308. The smallest absolute Gasteiger partial charge is 0.270 e. The molecule has 2 unspecified atom stereocenters. The molecule has 7 nitrogen and oxygen atoms in total. The molecule has 166 valence electrons. The molecule has 2 aromatic carbocycles. The van der Waals surface area contributed by atoms with Gasteiger partial charge in [0.2, 0.25) is 0 Å². The van der Waals surface area contributed by atoms with E-state index < -0.39 is 17.9 Å². The first kappa shape index (κ1) is 21.9. The zero-order valence-electron chi connectivity index (χ0n) is 18.3. The normalized spacial score (nSPS) is 16.6. The van der Waals surface area contributed by atoms with Crippen molar-refractivity contribution in [1.82, 2.24) is 15.8 Å². The summed E-state index contributed by atoms with van der Waals surface area (Å²) in [5.41, 5.74) is 8.85. The van der Waals surface area contributed by atoms with Gasteiger partial charge in [-0.15, -0.1) is 0 Å². The molecule has 3 aromatic rings. The quantitative estimate of drug-likeness (QED) is 0.581. The molecule has 1 saturated heterocycles. The van der Waals surface area contributed by atoms with Crippen LogP contribution in [0.5, 0.6) is 0 Å². The summed E-state index contributed by atoms with van der Waals surface area (Å²) in [5.74, 6) is -0.842. The average molecular weight is 434 g/mol. The van der Waals surface area contributed by atoms with Crippen LogP contribution in [0.15, 0.2) is 54.6 Å². The summed E-state index contributed by atoms with van der Waals surface area (Å²) in [6.07, 6.45) is 1.26. The van der Waals surface area contributed by atoms with Crippen LogP contribution in [0.1, 0.15) is 35.7 Å². The van der Waals surface area contributed by atoms with E-state index in [1.54, 1.807) is 13.0 Å². The number of aryl methyl sites for hydroxylation is 1. The van der Waals surface area contributed by atoms with Crippen LogP contribution >= 0.6 is 0 Å². The summed E-state index contributed by atoms with van der Waals surface area (Å²) in [5, 5.41) is 0.706. The summed E-state index contributed by atoms with van der Waals surface area (Å²) >= 11 is 0. The number of rotatable bonds is 6. The molecule has 0 bridgehead atoms. The first-order chi connectivity index (χ1) is 15.5. The minimum Gasteiger partial charge on any atom is -0.376 e. The van der Waals surface area contributed by atoms with Gasteiger partial charge in [-0.05, 0) is 38.8 Å². The van der Waals surface area contributed by atoms with E-state index in [0.29, 0.717) is 28.8 Å².